The summed E-state index contributed by atoms with van der Waals surface area (Å²) in [6, 6.07) is 0. The van der Waals surface area contributed by atoms with E-state index in [0.29, 0.717) is 23.7 Å². The van der Waals surface area contributed by atoms with Crippen molar-refractivity contribution in [1.82, 2.24) is 5.16 Å². The van der Waals surface area contributed by atoms with Gasteiger partial charge in [0.25, 0.3) is 0 Å². The number of amides is 1. The van der Waals surface area contributed by atoms with Crippen molar-refractivity contribution in [2.75, 3.05) is 0 Å². The van der Waals surface area contributed by atoms with E-state index in [0.717, 1.165) is 19.3 Å². The predicted octanol–water partition coefficient (Wildman–Crippen LogP) is 1.18. The predicted molar refractivity (Wildman–Crippen MR) is 64.0 cm³/mol. The molecular formula is C13H16N2O4. The number of hydrogen-bond acceptors (Lipinski definition) is 5. The standard InChI is InChI=1S/C13H16N2O4/c1-7-9(6-15-19-7)11(16)18-10-4-8-2-3-13(10,5-8)12(14)17/h6,8,10H,2-5H2,1H3,(H2,14,17). The van der Waals surface area contributed by atoms with Crippen molar-refractivity contribution in [3.8, 4) is 0 Å². The van der Waals surface area contributed by atoms with Gasteiger partial charge in [-0.3, -0.25) is 4.79 Å². The first kappa shape index (κ1) is 12.2. The lowest BCUT2D eigenvalue weighted by atomic mass is 9.81. The second-order valence-electron chi connectivity index (χ2n) is 5.55. The van der Waals surface area contributed by atoms with Crippen LogP contribution >= 0.6 is 0 Å². The van der Waals surface area contributed by atoms with Crippen molar-refractivity contribution in [3.63, 3.8) is 0 Å². The van der Waals surface area contributed by atoms with Crippen molar-refractivity contribution in [2.45, 2.75) is 38.7 Å². The molecule has 1 aromatic rings. The Morgan fingerprint density at radius 3 is 2.95 bits per heavy atom. The van der Waals surface area contributed by atoms with Gasteiger partial charge >= 0.3 is 5.97 Å². The van der Waals surface area contributed by atoms with Crippen LogP contribution in [-0.2, 0) is 9.53 Å². The molecule has 0 saturated heterocycles. The molecule has 3 unspecified atom stereocenters. The number of carbonyl (C=O) groups is 2. The van der Waals surface area contributed by atoms with Gasteiger partial charge in [-0.15, -0.1) is 0 Å². The normalized spacial score (nSPS) is 32.5. The summed E-state index contributed by atoms with van der Waals surface area (Å²) in [5.41, 5.74) is 5.17. The summed E-state index contributed by atoms with van der Waals surface area (Å²) in [6.45, 7) is 1.65. The second kappa shape index (κ2) is 4.08. The second-order valence-corrected chi connectivity index (χ2v) is 5.55. The third-order valence-electron chi connectivity index (χ3n) is 4.53. The highest BCUT2D eigenvalue weighted by Gasteiger charge is 2.58. The number of primary amides is 1. The summed E-state index contributed by atoms with van der Waals surface area (Å²) >= 11 is 0. The van der Waals surface area contributed by atoms with Crippen LogP contribution < -0.4 is 5.73 Å². The topological polar surface area (TPSA) is 95.4 Å². The van der Waals surface area contributed by atoms with E-state index in [1.54, 1.807) is 6.92 Å². The number of esters is 1. The average molecular weight is 264 g/mol. The van der Waals surface area contributed by atoms with Gasteiger partial charge in [0.2, 0.25) is 5.91 Å². The van der Waals surface area contributed by atoms with Gasteiger partial charge in [0.1, 0.15) is 17.4 Å². The third-order valence-corrected chi connectivity index (χ3v) is 4.53. The molecule has 0 radical (unpaired) electrons. The van der Waals surface area contributed by atoms with Crippen LogP contribution in [0, 0.1) is 18.3 Å². The van der Waals surface area contributed by atoms with E-state index in [4.69, 9.17) is 15.0 Å². The van der Waals surface area contributed by atoms with E-state index >= 15 is 0 Å². The molecule has 0 spiro atoms. The van der Waals surface area contributed by atoms with Crippen molar-refractivity contribution in [1.29, 1.82) is 0 Å². The first-order chi connectivity index (χ1) is 9.03. The van der Waals surface area contributed by atoms with Crippen molar-refractivity contribution in [3.05, 3.63) is 17.5 Å². The Morgan fingerprint density at radius 1 is 1.58 bits per heavy atom. The van der Waals surface area contributed by atoms with E-state index in [1.165, 1.54) is 6.20 Å². The van der Waals surface area contributed by atoms with Gasteiger partial charge < -0.3 is 15.0 Å². The summed E-state index contributed by atoms with van der Waals surface area (Å²) in [4.78, 5) is 23.8. The van der Waals surface area contributed by atoms with Crippen LogP contribution in [0.2, 0.25) is 0 Å². The minimum Gasteiger partial charge on any atom is -0.457 e. The smallest absolute Gasteiger partial charge is 0.343 e. The molecule has 3 atom stereocenters. The van der Waals surface area contributed by atoms with E-state index in [2.05, 4.69) is 5.16 Å². The quantitative estimate of drug-likeness (QED) is 0.827. The zero-order valence-electron chi connectivity index (χ0n) is 10.7. The van der Waals surface area contributed by atoms with Gasteiger partial charge in [-0.05, 0) is 38.5 Å². The summed E-state index contributed by atoms with van der Waals surface area (Å²) in [7, 11) is 0. The van der Waals surface area contributed by atoms with Crippen molar-refractivity contribution in [2.24, 2.45) is 17.1 Å². The van der Waals surface area contributed by atoms with Crippen LogP contribution in [-0.4, -0.2) is 23.1 Å². The van der Waals surface area contributed by atoms with Crippen molar-refractivity contribution < 1.29 is 18.8 Å². The molecule has 19 heavy (non-hydrogen) atoms. The summed E-state index contributed by atoms with van der Waals surface area (Å²) in [6.07, 6.45) is 4.09. The van der Waals surface area contributed by atoms with Gasteiger partial charge in [-0.25, -0.2) is 4.79 Å². The molecule has 0 aliphatic heterocycles. The number of carbonyl (C=O) groups excluding carboxylic acids is 2. The van der Waals surface area contributed by atoms with Crippen LogP contribution in [0.3, 0.4) is 0 Å². The Kier molecular flexibility index (Phi) is 2.62. The zero-order valence-corrected chi connectivity index (χ0v) is 10.7. The molecule has 2 bridgehead atoms. The third kappa shape index (κ3) is 1.74. The molecule has 6 heteroatoms. The Labute approximate surface area is 110 Å². The molecule has 1 heterocycles. The van der Waals surface area contributed by atoms with Gasteiger partial charge in [0, 0.05) is 0 Å². The largest absolute Gasteiger partial charge is 0.457 e. The van der Waals surface area contributed by atoms with E-state index < -0.39 is 17.5 Å². The number of hydrogen-bond donors (Lipinski definition) is 1. The highest BCUT2D eigenvalue weighted by molar-refractivity contribution is 5.91. The minimum absolute atomic E-state index is 0.308. The molecule has 2 aliphatic carbocycles. The maximum absolute atomic E-state index is 12.0. The highest BCUT2D eigenvalue weighted by Crippen LogP contribution is 2.55. The SMILES string of the molecule is Cc1oncc1C(=O)OC1CC2CCC1(C(N)=O)C2. The molecule has 1 aromatic heterocycles. The molecule has 102 valence electrons. The number of aryl methyl sites for hydroxylation is 1. The molecule has 6 nitrogen and oxygen atoms in total. The summed E-state index contributed by atoms with van der Waals surface area (Å²) < 4.78 is 10.3. The van der Waals surface area contributed by atoms with Gasteiger partial charge in [-0.1, -0.05) is 5.16 Å². The number of ether oxygens (including phenoxy) is 1. The van der Waals surface area contributed by atoms with Crippen molar-refractivity contribution >= 4 is 11.9 Å². The summed E-state index contributed by atoms with van der Waals surface area (Å²) in [5.74, 6) is 0.0134. The number of nitrogens with two attached hydrogens (primary N) is 1. The molecule has 0 aromatic carbocycles. The highest BCUT2D eigenvalue weighted by atomic mass is 16.5. The molecule has 1 amide bonds. The van der Waals surface area contributed by atoms with Crippen LogP contribution in [0.25, 0.3) is 0 Å². The maximum atomic E-state index is 12.0. The Hall–Kier alpha value is -1.85. The fourth-order valence-electron chi connectivity index (χ4n) is 3.43. The molecule has 2 fully saturated rings. The monoisotopic (exact) mass is 264 g/mol. The fourth-order valence-corrected chi connectivity index (χ4v) is 3.43. The molecule has 2 aliphatic rings. The van der Waals surface area contributed by atoms with Gasteiger partial charge in [-0.2, -0.15) is 0 Å². The minimum atomic E-state index is -0.661. The van der Waals surface area contributed by atoms with Gasteiger partial charge in [0.15, 0.2) is 0 Å². The van der Waals surface area contributed by atoms with E-state index in [1.807, 2.05) is 0 Å². The number of aromatic nitrogens is 1. The molecular weight excluding hydrogens is 248 g/mol. The molecule has 2 N–H and O–H groups in total. The number of nitrogens with zero attached hydrogens (tertiary/aromatic N) is 1. The average Bonchev–Trinajstić information content (AvgIpc) is 3.02. The molecule has 3 rings (SSSR count). The summed E-state index contributed by atoms with van der Waals surface area (Å²) in [5, 5.41) is 3.55. The van der Waals surface area contributed by atoms with E-state index in [9.17, 15) is 9.59 Å². The fraction of sp³-hybridized carbons (Fsp3) is 0.615. The first-order valence-corrected chi connectivity index (χ1v) is 6.45. The lowest BCUT2D eigenvalue weighted by Crippen LogP contribution is -2.44. The first-order valence-electron chi connectivity index (χ1n) is 6.45. The van der Waals surface area contributed by atoms with Gasteiger partial charge in [0.05, 0.1) is 11.6 Å². The van der Waals surface area contributed by atoms with Crippen LogP contribution in [0.4, 0.5) is 0 Å². The van der Waals surface area contributed by atoms with Crippen LogP contribution in [0.1, 0.15) is 41.8 Å². The number of fused-ring (bicyclic) bond motifs is 2. The lowest BCUT2D eigenvalue weighted by Gasteiger charge is -2.31. The Morgan fingerprint density at radius 2 is 2.37 bits per heavy atom. The lowest BCUT2D eigenvalue weighted by molar-refractivity contribution is -0.133. The van der Waals surface area contributed by atoms with Crippen LogP contribution in [0.15, 0.2) is 10.7 Å². The van der Waals surface area contributed by atoms with Crippen LogP contribution in [0.5, 0.6) is 0 Å². The maximum Gasteiger partial charge on any atom is 0.343 e. The zero-order chi connectivity index (χ0) is 13.6. The molecule has 2 saturated carbocycles. The Bertz CT molecular complexity index is 539. The van der Waals surface area contributed by atoms with E-state index in [-0.39, 0.29) is 5.91 Å². The Balaban J connectivity index is 1.79. The number of rotatable bonds is 3.